The van der Waals surface area contributed by atoms with Crippen molar-refractivity contribution in [2.24, 2.45) is 5.92 Å². The second kappa shape index (κ2) is 12.0. The van der Waals surface area contributed by atoms with Crippen molar-refractivity contribution in [1.82, 2.24) is 4.98 Å². The van der Waals surface area contributed by atoms with Gasteiger partial charge in [-0.3, -0.25) is 10.1 Å². The molecule has 0 aliphatic heterocycles. The van der Waals surface area contributed by atoms with Crippen LogP contribution in [0.4, 0.5) is 9.52 Å². The maximum absolute atomic E-state index is 15.1. The van der Waals surface area contributed by atoms with E-state index in [1.54, 1.807) is 23.6 Å². The first-order chi connectivity index (χ1) is 17.8. The van der Waals surface area contributed by atoms with Gasteiger partial charge >= 0.3 is 5.97 Å². The molecule has 2 N–H and O–H groups in total. The minimum Gasteiger partial charge on any atom is -0.490 e. The number of thiazole rings is 1. The van der Waals surface area contributed by atoms with Crippen molar-refractivity contribution in [3.63, 3.8) is 0 Å². The summed E-state index contributed by atoms with van der Waals surface area (Å²) in [5.74, 6) is -2.03. The van der Waals surface area contributed by atoms with Gasteiger partial charge in [-0.15, -0.1) is 11.3 Å². The van der Waals surface area contributed by atoms with Gasteiger partial charge in [-0.2, -0.15) is 0 Å². The molecular formula is C26H23Cl2FN2O5S. The second-order valence-electron chi connectivity index (χ2n) is 8.45. The molecule has 0 unspecified atom stereocenters. The highest BCUT2D eigenvalue weighted by molar-refractivity contribution is 7.14. The molecule has 1 aromatic heterocycles. The molecule has 1 aliphatic rings. The van der Waals surface area contributed by atoms with Gasteiger partial charge in [0, 0.05) is 34.2 Å². The normalized spacial score (nSPS) is 13.8. The molecule has 0 radical (unpaired) electrons. The zero-order valence-corrected chi connectivity index (χ0v) is 22.1. The molecule has 4 rings (SSSR count). The molecule has 3 aromatic rings. The topological polar surface area (TPSA) is 97.8 Å². The van der Waals surface area contributed by atoms with Gasteiger partial charge in [0.2, 0.25) is 5.76 Å². The third-order valence-corrected chi connectivity index (χ3v) is 7.35. The van der Waals surface area contributed by atoms with Crippen molar-refractivity contribution in [3.8, 4) is 11.3 Å². The van der Waals surface area contributed by atoms with Gasteiger partial charge in [0.05, 0.1) is 29.5 Å². The number of aliphatic carboxylic acids is 1. The van der Waals surface area contributed by atoms with E-state index in [4.69, 9.17) is 37.8 Å². The lowest BCUT2D eigenvalue weighted by atomic mass is 9.86. The molecule has 194 valence electrons. The number of nitrogens with one attached hydrogen (secondary N) is 1. The van der Waals surface area contributed by atoms with Crippen LogP contribution >= 0.6 is 34.5 Å². The highest BCUT2D eigenvalue weighted by Gasteiger charge is 2.19. The van der Waals surface area contributed by atoms with Crippen molar-refractivity contribution >= 4 is 57.6 Å². The van der Waals surface area contributed by atoms with Crippen molar-refractivity contribution in [2.75, 3.05) is 19.0 Å². The summed E-state index contributed by atoms with van der Waals surface area (Å²) in [7, 11) is 1.21. The van der Waals surface area contributed by atoms with Crippen molar-refractivity contribution in [3.05, 3.63) is 74.0 Å². The fourth-order valence-corrected chi connectivity index (χ4v) is 5.00. The van der Waals surface area contributed by atoms with E-state index in [0.717, 1.165) is 24.2 Å². The number of carbonyl (C=O) groups is 2. The molecule has 0 atom stereocenters. The van der Waals surface area contributed by atoms with Gasteiger partial charge in [0.1, 0.15) is 5.82 Å². The summed E-state index contributed by atoms with van der Waals surface area (Å²) in [5, 5.41) is 13.8. The molecule has 11 heteroatoms. The molecule has 1 aliphatic carbocycles. The number of hydrogen-bond acceptors (Lipinski definition) is 6. The molecule has 0 saturated heterocycles. The lowest BCUT2D eigenvalue weighted by Crippen LogP contribution is -2.17. The number of carboxylic acid groups (broad SMARTS) is 1. The standard InChI is InChI=1S/C26H23Cl2FN2O5S/c1-35-22(25(33)34)10-18-19(27)8-16(9-20(18)28)24(32)31-26-30-21(13-37-26)17-7-3-6-15(23(17)29)12-36-11-14-4-2-5-14/h3,6-10,13-14H,2,4-5,11-12H2,1H3,(H,33,34)(H,30,31,32)/b22-10-. The number of carboxylic acids is 1. The average molecular weight is 565 g/mol. The first-order valence-electron chi connectivity index (χ1n) is 11.4. The number of ether oxygens (including phenoxy) is 2. The number of halogens is 3. The number of carbonyl (C=O) groups excluding carboxylic acids is 1. The van der Waals surface area contributed by atoms with Crippen molar-refractivity contribution < 1.29 is 28.6 Å². The molecular weight excluding hydrogens is 542 g/mol. The Bertz CT molecular complexity index is 1330. The van der Waals surface area contributed by atoms with Crippen LogP contribution in [0.5, 0.6) is 0 Å². The molecule has 1 amide bonds. The third-order valence-electron chi connectivity index (χ3n) is 5.96. The number of anilines is 1. The SMILES string of the molecule is CO/C(=C\c1c(Cl)cc(C(=O)Nc2nc(-c3cccc(COCC4CCC4)c3F)cs2)cc1Cl)C(=O)O. The molecule has 1 heterocycles. The van der Waals surface area contributed by atoms with E-state index < -0.39 is 17.7 Å². The van der Waals surface area contributed by atoms with Gasteiger partial charge < -0.3 is 14.6 Å². The fraction of sp³-hybridized carbons (Fsp3) is 0.269. The maximum Gasteiger partial charge on any atom is 0.371 e. The molecule has 2 aromatic carbocycles. The first kappa shape index (κ1) is 27.1. The smallest absolute Gasteiger partial charge is 0.371 e. The Labute approximate surface area is 226 Å². The number of amides is 1. The molecule has 0 spiro atoms. The quantitative estimate of drug-likeness (QED) is 0.205. The van der Waals surface area contributed by atoms with Crippen LogP contribution in [0.25, 0.3) is 17.3 Å². The Kier molecular flexibility index (Phi) is 8.81. The van der Waals surface area contributed by atoms with Crippen LogP contribution in [0, 0.1) is 11.7 Å². The van der Waals surface area contributed by atoms with Crippen LogP contribution in [-0.2, 0) is 20.9 Å². The molecule has 7 nitrogen and oxygen atoms in total. The Morgan fingerprint density at radius 2 is 2.00 bits per heavy atom. The number of benzene rings is 2. The second-order valence-corrected chi connectivity index (χ2v) is 10.1. The van der Waals surface area contributed by atoms with Crippen LogP contribution in [0.15, 0.2) is 41.5 Å². The average Bonchev–Trinajstić information content (AvgIpc) is 3.29. The fourth-order valence-electron chi connectivity index (χ4n) is 3.70. The molecule has 37 heavy (non-hydrogen) atoms. The zero-order valence-electron chi connectivity index (χ0n) is 19.7. The minimum absolute atomic E-state index is 0.0618. The Morgan fingerprint density at radius 3 is 2.62 bits per heavy atom. The van der Waals surface area contributed by atoms with E-state index in [0.29, 0.717) is 29.3 Å². The molecule has 0 bridgehead atoms. The number of methoxy groups -OCH3 is 1. The Hall–Kier alpha value is -2.98. The largest absolute Gasteiger partial charge is 0.490 e. The van der Waals surface area contributed by atoms with Crippen LogP contribution in [0.1, 0.15) is 40.7 Å². The number of hydrogen-bond donors (Lipinski definition) is 2. The van der Waals surface area contributed by atoms with Crippen LogP contribution < -0.4 is 5.32 Å². The summed E-state index contributed by atoms with van der Waals surface area (Å²) >= 11 is 13.6. The summed E-state index contributed by atoms with van der Waals surface area (Å²) in [5.41, 5.74) is 1.48. The molecule has 1 saturated carbocycles. The Morgan fingerprint density at radius 1 is 1.27 bits per heavy atom. The van der Waals surface area contributed by atoms with E-state index in [1.165, 1.54) is 31.7 Å². The lowest BCUT2D eigenvalue weighted by molar-refractivity contribution is -0.135. The summed E-state index contributed by atoms with van der Waals surface area (Å²) in [6.45, 7) is 0.823. The van der Waals surface area contributed by atoms with Crippen LogP contribution in [0.2, 0.25) is 10.0 Å². The number of nitrogens with zero attached hydrogens (tertiary/aromatic N) is 1. The van der Waals surface area contributed by atoms with Crippen LogP contribution in [-0.4, -0.2) is 35.7 Å². The van der Waals surface area contributed by atoms with Crippen molar-refractivity contribution in [1.29, 1.82) is 0 Å². The maximum atomic E-state index is 15.1. The highest BCUT2D eigenvalue weighted by atomic mass is 35.5. The predicted octanol–water partition coefficient (Wildman–Crippen LogP) is 6.90. The van der Waals surface area contributed by atoms with Gasteiger partial charge in [-0.05, 0) is 43.0 Å². The minimum atomic E-state index is -1.29. The zero-order chi connectivity index (χ0) is 26.5. The van der Waals surface area contributed by atoms with E-state index in [9.17, 15) is 9.59 Å². The summed E-state index contributed by atoms with van der Waals surface area (Å²) in [6, 6.07) is 7.77. The molecule has 1 fully saturated rings. The summed E-state index contributed by atoms with van der Waals surface area (Å²) < 4.78 is 25.6. The van der Waals surface area contributed by atoms with E-state index in [-0.39, 0.29) is 38.7 Å². The monoisotopic (exact) mass is 564 g/mol. The number of aromatic nitrogens is 1. The summed E-state index contributed by atoms with van der Waals surface area (Å²) in [4.78, 5) is 28.3. The van der Waals surface area contributed by atoms with Gasteiger partial charge in [-0.25, -0.2) is 14.2 Å². The lowest BCUT2D eigenvalue weighted by Gasteiger charge is -2.24. The van der Waals surface area contributed by atoms with Gasteiger partial charge in [0.15, 0.2) is 5.13 Å². The van der Waals surface area contributed by atoms with Crippen molar-refractivity contribution in [2.45, 2.75) is 25.9 Å². The van der Waals surface area contributed by atoms with Gasteiger partial charge in [0.25, 0.3) is 5.91 Å². The van der Waals surface area contributed by atoms with Crippen LogP contribution in [0.3, 0.4) is 0 Å². The third kappa shape index (κ3) is 6.48. The Balaban J connectivity index is 1.46. The van der Waals surface area contributed by atoms with Gasteiger partial charge in [-0.1, -0.05) is 41.8 Å². The van der Waals surface area contributed by atoms with E-state index in [1.807, 2.05) is 0 Å². The summed E-state index contributed by atoms with van der Waals surface area (Å²) in [6.07, 6.45) is 4.72. The first-order valence-corrected chi connectivity index (χ1v) is 13.0. The number of rotatable bonds is 10. The predicted molar refractivity (Wildman–Crippen MR) is 142 cm³/mol. The highest BCUT2D eigenvalue weighted by Crippen LogP contribution is 2.32. The van der Waals surface area contributed by atoms with E-state index in [2.05, 4.69) is 10.3 Å². The van der Waals surface area contributed by atoms with E-state index >= 15 is 4.39 Å².